The monoisotopic (exact) mass is 505 g/mol. The van der Waals surface area contributed by atoms with E-state index in [-0.39, 0.29) is 11.8 Å². The number of nitrogens with two attached hydrogens (primary N) is 2. The highest BCUT2D eigenvalue weighted by molar-refractivity contribution is 6.05. The van der Waals surface area contributed by atoms with Gasteiger partial charge in [0.05, 0.1) is 0 Å². The second-order valence-corrected chi connectivity index (χ2v) is 9.26. The van der Waals surface area contributed by atoms with E-state index in [1.165, 1.54) is 0 Å². The Labute approximate surface area is 222 Å². The van der Waals surface area contributed by atoms with Crippen LogP contribution in [-0.2, 0) is 0 Å². The van der Waals surface area contributed by atoms with E-state index in [0.29, 0.717) is 33.9 Å². The second-order valence-electron chi connectivity index (χ2n) is 9.26. The van der Waals surface area contributed by atoms with E-state index in [4.69, 9.17) is 11.5 Å². The maximum atomic E-state index is 12.6. The summed E-state index contributed by atoms with van der Waals surface area (Å²) in [7, 11) is 0. The first-order valence-corrected chi connectivity index (χ1v) is 12.2. The fourth-order valence-corrected chi connectivity index (χ4v) is 3.90. The molecule has 0 atom stereocenters. The number of benzene rings is 4. The SMILES string of the molecule is CC(C)=C(Nc1ccc(NC(=O)c2ccc(N)cc2)cc1C)c1ccc(NC(=O)c2ccc(N)cc2)cc1. The quantitative estimate of drug-likeness (QED) is 0.183. The van der Waals surface area contributed by atoms with Crippen molar-refractivity contribution in [2.45, 2.75) is 20.8 Å². The number of aryl methyl sites for hydroxylation is 1. The molecule has 0 radical (unpaired) electrons. The van der Waals surface area contributed by atoms with Crippen LogP contribution in [-0.4, -0.2) is 11.8 Å². The van der Waals surface area contributed by atoms with Gasteiger partial charge in [-0.25, -0.2) is 0 Å². The van der Waals surface area contributed by atoms with Crippen molar-refractivity contribution in [3.8, 4) is 0 Å². The molecule has 4 aromatic rings. The summed E-state index contributed by atoms with van der Waals surface area (Å²) in [5.41, 5.74) is 20.1. The maximum Gasteiger partial charge on any atom is 0.255 e. The average molecular weight is 506 g/mol. The van der Waals surface area contributed by atoms with Gasteiger partial charge in [0.15, 0.2) is 0 Å². The minimum atomic E-state index is -0.197. The van der Waals surface area contributed by atoms with Crippen LogP contribution in [0, 0.1) is 6.92 Å². The van der Waals surface area contributed by atoms with Crippen molar-refractivity contribution in [3.05, 3.63) is 119 Å². The highest BCUT2D eigenvalue weighted by atomic mass is 16.2. The minimum absolute atomic E-state index is 0.196. The zero-order valence-corrected chi connectivity index (χ0v) is 21.6. The van der Waals surface area contributed by atoms with Gasteiger partial charge in [-0.15, -0.1) is 0 Å². The molecule has 4 aromatic carbocycles. The van der Waals surface area contributed by atoms with Crippen molar-refractivity contribution >= 4 is 45.9 Å². The van der Waals surface area contributed by atoms with Crippen LogP contribution in [0.1, 0.15) is 45.7 Å². The lowest BCUT2D eigenvalue weighted by Gasteiger charge is -2.17. The molecule has 0 aromatic heterocycles. The zero-order chi connectivity index (χ0) is 27.2. The van der Waals surface area contributed by atoms with Crippen molar-refractivity contribution in [1.82, 2.24) is 0 Å². The highest BCUT2D eigenvalue weighted by Gasteiger charge is 2.11. The number of carbonyl (C=O) groups excluding carboxylic acids is 2. The first-order valence-electron chi connectivity index (χ1n) is 12.2. The lowest BCUT2D eigenvalue weighted by atomic mass is 10.1. The number of amides is 2. The molecule has 0 unspecified atom stereocenters. The van der Waals surface area contributed by atoms with E-state index >= 15 is 0 Å². The topological polar surface area (TPSA) is 122 Å². The van der Waals surface area contributed by atoms with E-state index in [0.717, 1.165) is 28.1 Å². The van der Waals surface area contributed by atoms with Gasteiger partial charge in [-0.05, 0) is 111 Å². The largest absolute Gasteiger partial charge is 0.399 e. The summed E-state index contributed by atoms with van der Waals surface area (Å²) in [6.07, 6.45) is 0. The number of anilines is 5. The van der Waals surface area contributed by atoms with E-state index in [2.05, 4.69) is 16.0 Å². The molecule has 7 heteroatoms. The number of hydrogen-bond donors (Lipinski definition) is 5. The van der Waals surface area contributed by atoms with Gasteiger partial charge in [0.1, 0.15) is 0 Å². The van der Waals surface area contributed by atoms with Crippen LogP contribution in [0.15, 0.2) is 96.6 Å². The Morgan fingerprint density at radius 2 is 1.03 bits per heavy atom. The Morgan fingerprint density at radius 1 is 0.579 bits per heavy atom. The van der Waals surface area contributed by atoms with Crippen molar-refractivity contribution in [2.24, 2.45) is 0 Å². The molecule has 192 valence electrons. The van der Waals surface area contributed by atoms with Crippen molar-refractivity contribution < 1.29 is 9.59 Å². The first-order chi connectivity index (χ1) is 18.2. The number of hydrogen-bond acceptors (Lipinski definition) is 5. The molecule has 0 heterocycles. The highest BCUT2D eigenvalue weighted by Crippen LogP contribution is 2.27. The molecule has 4 rings (SSSR count). The van der Waals surface area contributed by atoms with E-state index in [1.54, 1.807) is 48.5 Å². The lowest BCUT2D eigenvalue weighted by molar-refractivity contribution is 0.101. The van der Waals surface area contributed by atoms with E-state index in [9.17, 15) is 9.59 Å². The van der Waals surface area contributed by atoms with Gasteiger partial charge in [-0.2, -0.15) is 0 Å². The standard InChI is InChI=1S/C31H31N5O2/c1-19(2)29(21-8-14-26(15-9-21)34-30(37)22-4-10-24(32)11-5-22)36-28-17-16-27(18-20(28)3)35-31(38)23-6-12-25(33)13-7-23/h4-18,36H,32-33H2,1-3H3,(H,34,37)(H,35,38). The molecule has 0 bridgehead atoms. The summed E-state index contributed by atoms with van der Waals surface area (Å²) in [5.74, 6) is -0.392. The zero-order valence-electron chi connectivity index (χ0n) is 21.6. The van der Waals surface area contributed by atoms with Crippen LogP contribution in [0.25, 0.3) is 5.70 Å². The Bertz CT molecular complexity index is 1490. The molecule has 2 amide bonds. The molecule has 7 nitrogen and oxygen atoms in total. The third kappa shape index (κ3) is 6.39. The van der Waals surface area contributed by atoms with Crippen molar-refractivity contribution in [3.63, 3.8) is 0 Å². The first kappa shape index (κ1) is 26.0. The van der Waals surface area contributed by atoms with Crippen LogP contribution in [0.2, 0.25) is 0 Å². The summed E-state index contributed by atoms with van der Waals surface area (Å²) in [5, 5.41) is 9.37. The van der Waals surface area contributed by atoms with Gasteiger partial charge < -0.3 is 27.4 Å². The Hall–Kier alpha value is -5.04. The molecule has 0 spiro atoms. The molecular formula is C31H31N5O2. The molecule has 0 aliphatic rings. The summed E-state index contributed by atoms with van der Waals surface area (Å²) in [6.45, 7) is 6.06. The average Bonchev–Trinajstić information content (AvgIpc) is 2.89. The van der Waals surface area contributed by atoms with Crippen molar-refractivity contribution in [2.75, 3.05) is 27.4 Å². The number of nitrogen functional groups attached to an aromatic ring is 2. The number of nitrogens with one attached hydrogen (secondary N) is 3. The predicted molar refractivity (Wildman–Crippen MR) is 157 cm³/mol. The van der Waals surface area contributed by atoms with Crippen LogP contribution in [0.5, 0.6) is 0 Å². The van der Waals surface area contributed by atoms with Gasteiger partial charge in [-0.1, -0.05) is 17.7 Å². The molecule has 0 fully saturated rings. The molecule has 0 aliphatic heterocycles. The summed E-state index contributed by atoms with van der Waals surface area (Å²) in [6, 6.07) is 27.0. The minimum Gasteiger partial charge on any atom is -0.399 e. The predicted octanol–water partition coefficient (Wildman–Crippen LogP) is 6.53. The lowest BCUT2D eigenvalue weighted by Crippen LogP contribution is -2.12. The Kier molecular flexibility index (Phi) is 7.77. The number of carbonyl (C=O) groups is 2. The molecule has 38 heavy (non-hydrogen) atoms. The third-order valence-corrected chi connectivity index (χ3v) is 6.02. The van der Waals surface area contributed by atoms with Gasteiger partial charge in [0, 0.05) is 45.3 Å². The maximum absolute atomic E-state index is 12.6. The number of allylic oxidation sites excluding steroid dienone is 1. The van der Waals surface area contributed by atoms with Gasteiger partial charge in [-0.3, -0.25) is 9.59 Å². The van der Waals surface area contributed by atoms with E-state index in [1.807, 2.05) is 63.2 Å². The molecular weight excluding hydrogens is 474 g/mol. The van der Waals surface area contributed by atoms with Crippen LogP contribution in [0.3, 0.4) is 0 Å². The number of rotatable bonds is 7. The molecule has 0 saturated heterocycles. The summed E-state index contributed by atoms with van der Waals surface area (Å²) < 4.78 is 0. The third-order valence-electron chi connectivity index (χ3n) is 6.02. The summed E-state index contributed by atoms with van der Waals surface area (Å²) in [4.78, 5) is 25.1. The van der Waals surface area contributed by atoms with Gasteiger partial charge in [0.25, 0.3) is 11.8 Å². The van der Waals surface area contributed by atoms with Crippen molar-refractivity contribution in [1.29, 1.82) is 0 Å². The Morgan fingerprint density at radius 3 is 1.50 bits per heavy atom. The Balaban J connectivity index is 1.44. The summed E-state index contributed by atoms with van der Waals surface area (Å²) >= 11 is 0. The van der Waals surface area contributed by atoms with Crippen LogP contribution >= 0.6 is 0 Å². The molecule has 0 aliphatic carbocycles. The van der Waals surface area contributed by atoms with Crippen LogP contribution < -0.4 is 27.4 Å². The smallest absolute Gasteiger partial charge is 0.255 e. The normalized spacial score (nSPS) is 10.4. The van der Waals surface area contributed by atoms with Gasteiger partial charge >= 0.3 is 0 Å². The fourth-order valence-electron chi connectivity index (χ4n) is 3.90. The molecule has 0 saturated carbocycles. The second kappa shape index (κ2) is 11.3. The van der Waals surface area contributed by atoms with Gasteiger partial charge in [0.2, 0.25) is 0 Å². The van der Waals surface area contributed by atoms with E-state index < -0.39 is 0 Å². The van der Waals surface area contributed by atoms with Crippen LogP contribution in [0.4, 0.5) is 28.4 Å². The molecule has 7 N–H and O–H groups in total. The fraction of sp³-hybridized carbons (Fsp3) is 0.0968.